The first-order valence-corrected chi connectivity index (χ1v) is 11.9. The average Bonchev–Trinajstić information content (AvgIpc) is 2.82. The van der Waals surface area contributed by atoms with E-state index in [0.29, 0.717) is 10.6 Å². The van der Waals surface area contributed by atoms with Crippen LogP contribution in [0.15, 0.2) is 89.0 Å². The van der Waals surface area contributed by atoms with Gasteiger partial charge >= 0.3 is 5.97 Å². The monoisotopic (exact) mass is 501 g/mol. The van der Waals surface area contributed by atoms with Gasteiger partial charge < -0.3 is 9.84 Å². The lowest BCUT2D eigenvalue weighted by Gasteiger charge is -2.38. The van der Waals surface area contributed by atoms with Gasteiger partial charge in [-0.05, 0) is 66.6 Å². The molecule has 176 valence electrons. The van der Waals surface area contributed by atoms with Crippen molar-refractivity contribution in [2.24, 2.45) is 0 Å². The van der Waals surface area contributed by atoms with Crippen molar-refractivity contribution in [1.29, 1.82) is 0 Å². The molecule has 0 saturated carbocycles. The number of hydrogen-bond acceptors (Lipinski definition) is 5. The summed E-state index contributed by atoms with van der Waals surface area (Å²) in [5.74, 6) is -1.62. The van der Waals surface area contributed by atoms with Crippen molar-refractivity contribution in [3.63, 3.8) is 0 Å². The molecule has 0 bridgehead atoms. The van der Waals surface area contributed by atoms with E-state index < -0.39 is 29.1 Å². The third-order valence-electron chi connectivity index (χ3n) is 5.49. The molecule has 1 heterocycles. The van der Waals surface area contributed by atoms with E-state index >= 15 is 0 Å². The highest BCUT2D eigenvalue weighted by Gasteiger charge is 2.42. The number of rotatable bonds is 6. The molecule has 8 heteroatoms. The average molecular weight is 502 g/mol. The molecule has 2 N–H and O–H groups in total. The van der Waals surface area contributed by atoms with E-state index in [2.05, 4.69) is 5.32 Å². The predicted octanol–water partition coefficient (Wildman–Crippen LogP) is 6.54. The number of aliphatic hydroxyl groups is 1. The Morgan fingerprint density at radius 3 is 2.09 bits per heavy atom. The van der Waals surface area contributed by atoms with Crippen LogP contribution < -0.4 is 5.32 Å². The van der Waals surface area contributed by atoms with E-state index in [4.69, 9.17) is 16.3 Å². The lowest BCUT2D eigenvalue weighted by Crippen LogP contribution is -2.43. The lowest BCUT2D eigenvalue weighted by molar-refractivity contribution is -0.139. The highest BCUT2D eigenvalue weighted by atomic mass is 35.5. The molecule has 0 radical (unpaired) electrons. The molecule has 3 atom stereocenters. The Morgan fingerprint density at radius 1 is 0.971 bits per heavy atom. The van der Waals surface area contributed by atoms with Crippen LogP contribution in [-0.2, 0) is 9.53 Å². The van der Waals surface area contributed by atoms with Crippen LogP contribution in [-0.4, -0.2) is 22.9 Å². The zero-order chi connectivity index (χ0) is 24.2. The van der Waals surface area contributed by atoms with E-state index in [1.165, 1.54) is 36.0 Å². The van der Waals surface area contributed by atoms with Crippen molar-refractivity contribution in [3.8, 4) is 0 Å². The van der Waals surface area contributed by atoms with Crippen molar-refractivity contribution >= 4 is 29.3 Å². The van der Waals surface area contributed by atoms with Crippen molar-refractivity contribution in [2.75, 3.05) is 6.61 Å². The molecule has 0 aliphatic carbocycles. The van der Waals surface area contributed by atoms with E-state index in [-0.39, 0.29) is 23.8 Å². The molecule has 0 spiro atoms. The maximum atomic E-state index is 13.7. The maximum absolute atomic E-state index is 13.7. The Labute approximate surface area is 205 Å². The van der Waals surface area contributed by atoms with Crippen LogP contribution in [0.2, 0.25) is 5.02 Å². The van der Waals surface area contributed by atoms with Crippen LogP contribution in [0.3, 0.4) is 0 Å². The van der Waals surface area contributed by atoms with Crippen LogP contribution >= 0.6 is 23.4 Å². The smallest absolute Gasteiger partial charge is 0.339 e. The highest BCUT2D eigenvalue weighted by Crippen LogP contribution is 2.44. The van der Waals surface area contributed by atoms with Gasteiger partial charge in [-0.3, -0.25) is 5.32 Å². The number of thioether (sulfide) groups is 1. The summed E-state index contributed by atoms with van der Waals surface area (Å²) >= 11 is 7.35. The second-order valence-electron chi connectivity index (χ2n) is 7.69. The quantitative estimate of drug-likeness (QED) is 0.375. The SMILES string of the molecule is CCOC(=O)C1=C(O)[C@H](Sc2ccc(Cl)cc2)[C@H](c2ccc(F)cc2)N[C@@H]1c1ccc(F)cc1. The van der Waals surface area contributed by atoms with Crippen LogP contribution in [0.4, 0.5) is 8.78 Å². The molecular weight excluding hydrogens is 480 g/mol. The molecule has 4 nitrogen and oxygen atoms in total. The minimum atomic E-state index is -0.767. The summed E-state index contributed by atoms with van der Waals surface area (Å²) in [4.78, 5) is 13.8. The molecule has 4 rings (SSSR count). The minimum absolute atomic E-state index is 0.0540. The van der Waals surface area contributed by atoms with Crippen LogP contribution in [0.1, 0.15) is 30.1 Å². The van der Waals surface area contributed by atoms with Gasteiger partial charge in [-0.15, -0.1) is 11.8 Å². The summed E-state index contributed by atoms with van der Waals surface area (Å²) in [5.41, 5.74) is 1.35. The van der Waals surface area contributed by atoms with Crippen molar-refractivity contribution in [3.05, 3.63) is 112 Å². The Balaban J connectivity index is 1.84. The van der Waals surface area contributed by atoms with Gasteiger partial charge in [-0.1, -0.05) is 35.9 Å². The largest absolute Gasteiger partial charge is 0.510 e. The molecule has 0 aromatic heterocycles. The topological polar surface area (TPSA) is 58.6 Å². The number of hydrogen-bond donors (Lipinski definition) is 2. The normalized spacial score (nSPS) is 20.3. The number of carbonyl (C=O) groups excluding carboxylic acids is 1. The summed E-state index contributed by atoms with van der Waals surface area (Å²) in [7, 11) is 0. The summed E-state index contributed by atoms with van der Waals surface area (Å²) in [6.07, 6.45) is 0. The van der Waals surface area contributed by atoms with Gasteiger partial charge in [0, 0.05) is 9.92 Å². The van der Waals surface area contributed by atoms with E-state index in [1.807, 2.05) is 12.1 Å². The standard InChI is InChI=1S/C26H22ClF2NO3S/c1-2-33-26(32)21-22(15-3-9-18(28)10-4-15)30-23(16-5-11-19(29)12-6-16)25(24(21)31)34-20-13-7-17(27)8-14-20/h3-14,22-23,25,30-31H,2H2,1H3/t22-,23+,25-/m1/s1. The maximum Gasteiger partial charge on any atom is 0.339 e. The Bertz CT molecular complexity index is 1180. The highest BCUT2D eigenvalue weighted by molar-refractivity contribution is 8.00. The molecule has 0 saturated heterocycles. The fraction of sp³-hybridized carbons (Fsp3) is 0.192. The second kappa shape index (κ2) is 10.6. The first-order valence-electron chi connectivity index (χ1n) is 10.7. The number of aliphatic hydroxyl groups excluding tert-OH is 1. The molecule has 0 amide bonds. The minimum Gasteiger partial charge on any atom is -0.510 e. The zero-order valence-electron chi connectivity index (χ0n) is 18.2. The van der Waals surface area contributed by atoms with E-state index in [9.17, 15) is 18.7 Å². The summed E-state index contributed by atoms with van der Waals surface area (Å²) in [6, 6.07) is 17.5. The molecule has 3 aromatic carbocycles. The number of nitrogens with one attached hydrogen (secondary N) is 1. The van der Waals surface area contributed by atoms with Gasteiger partial charge in [0.15, 0.2) is 0 Å². The number of esters is 1. The molecule has 3 aromatic rings. The number of halogens is 3. The van der Waals surface area contributed by atoms with Gasteiger partial charge in [0.05, 0.1) is 29.5 Å². The van der Waals surface area contributed by atoms with Gasteiger partial charge in [-0.2, -0.15) is 0 Å². The zero-order valence-corrected chi connectivity index (χ0v) is 19.7. The fourth-order valence-electron chi connectivity index (χ4n) is 3.88. The molecular formula is C26H22ClF2NO3S. The van der Waals surface area contributed by atoms with E-state index in [1.54, 1.807) is 43.3 Å². The van der Waals surface area contributed by atoms with E-state index in [0.717, 1.165) is 10.5 Å². The number of ether oxygens (including phenoxy) is 1. The molecule has 0 fully saturated rings. The first-order chi connectivity index (χ1) is 16.4. The van der Waals surface area contributed by atoms with Gasteiger partial charge in [0.25, 0.3) is 0 Å². The molecule has 1 aliphatic rings. The van der Waals surface area contributed by atoms with Crippen molar-refractivity contribution < 1.29 is 23.4 Å². The predicted molar refractivity (Wildman–Crippen MR) is 129 cm³/mol. The fourth-order valence-corrected chi connectivity index (χ4v) is 5.21. The van der Waals surface area contributed by atoms with Gasteiger partial charge in [0.2, 0.25) is 0 Å². The Kier molecular flexibility index (Phi) is 7.56. The Morgan fingerprint density at radius 2 is 1.53 bits per heavy atom. The second-order valence-corrected chi connectivity index (χ2v) is 9.34. The summed E-state index contributed by atoms with van der Waals surface area (Å²) in [6.45, 7) is 1.81. The third-order valence-corrected chi connectivity index (χ3v) is 7.03. The first kappa shape index (κ1) is 24.3. The lowest BCUT2D eigenvalue weighted by atomic mass is 9.87. The third kappa shape index (κ3) is 5.27. The summed E-state index contributed by atoms with van der Waals surface area (Å²) < 4.78 is 32.5. The van der Waals surface area contributed by atoms with Crippen molar-refractivity contribution in [1.82, 2.24) is 5.32 Å². The Hall–Kier alpha value is -2.87. The van der Waals surface area contributed by atoms with Crippen LogP contribution in [0.5, 0.6) is 0 Å². The molecule has 0 unspecified atom stereocenters. The summed E-state index contributed by atoms with van der Waals surface area (Å²) in [5, 5.41) is 14.8. The molecule has 1 aliphatic heterocycles. The van der Waals surface area contributed by atoms with Crippen molar-refractivity contribution in [2.45, 2.75) is 29.2 Å². The van der Waals surface area contributed by atoms with Gasteiger partial charge in [0.1, 0.15) is 17.4 Å². The molecule has 34 heavy (non-hydrogen) atoms. The number of carbonyl (C=O) groups is 1. The van der Waals surface area contributed by atoms with Crippen LogP contribution in [0.25, 0.3) is 0 Å². The van der Waals surface area contributed by atoms with Gasteiger partial charge in [-0.25, -0.2) is 13.6 Å². The number of benzene rings is 3. The van der Waals surface area contributed by atoms with Crippen LogP contribution in [0, 0.1) is 11.6 Å².